The summed E-state index contributed by atoms with van der Waals surface area (Å²) >= 11 is 2.32. The summed E-state index contributed by atoms with van der Waals surface area (Å²) in [5.41, 5.74) is 1.42. The van der Waals surface area contributed by atoms with Crippen molar-refractivity contribution in [3.63, 3.8) is 0 Å². The second-order valence-corrected chi connectivity index (χ2v) is 8.69. The zero-order valence-electron chi connectivity index (χ0n) is 10.8. The van der Waals surface area contributed by atoms with Crippen LogP contribution in [-0.2, 0) is 16.6 Å². The van der Waals surface area contributed by atoms with Gasteiger partial charge in [-0.1, -0.05) is 11.3 Å². The highest BCUT2D eigenvalue weighted by Gasteiger charge is 2.39. The molecule has 0 amide bonds. The molecule has 1 fully saturated rings. The summed E-state index contributed by atoms with van der Waals surface area (Å²) in [6, 6.07) is 2.00. The first kappa shape index (κ1) is 14.0. The number of hydrogen-bond donors (Lipinski definition) is 1. The summed E-state index contributed by atoms with van der Waals surface area (Å²) in [6.07, 6.45) is 1.78. The number of nitrogens with zero attached hydrogens (tertiary/aromatic N) is 1. The third-order valence-electron chi connectivity index (χ3n) is 3.20. The van der Waals surface area contributed by atoms with Gasteiger partial charge in [-0.3, -0.25) is 4.79 Å². The summed E-state index contributed by atoms with van der Waals surface area (Å²) in [4.78, 5) is 13.6. The Morgan fingerprint density at radius 3 is 2.70 bits per heavy atom. The Balaban J connectivity index is 1.98. The van der Waals surface area contributed by atoms with E-state index in [0.29, 0.717) is 12.2 Å². The number of aromatic nitrogens is 1. The van der Waals surface area contributed by atoms with E-state index in [4.69, 9.17) is 0 Å². The van der Waals surface area contributed by atoms with Gasteiger partial charge in [-0.15, -0.1) is 0 Å². The van der Waals surface area contributed by atoms with Gasteiger partial charge in [-0.2, -0.15) is 15.6 Å². The number of H-pyrrole nitrogens is 1. The molecule has 5 nitrogen and oxygen atoms in total. The Morgan fingerprint density at radius 1 is 1.45 bits per heavy atom. The highest BCUT2D eigenvalue weighted by molar-refractivity contribution is 7.91. The molecule has 3 rings (SSSR count). The highest BCUT2D eigenvalue weighted by atomic mass is 32.2. The van der Waals surface area contributed by atoms with Crippen LogP contribution in [0.15, 0.2) is 25.8 Å². The first-order valence-corrected chi connectivity index (χ1v) is 9.41. The van der Waals surface area contributed by atoms with Gasteiger partial charge in [0.1, 0.15) is 0 Å². The molecule has 2 aromatic rings. The molecule has 0 saturated heterocycles. The number of aromatic amines is 1. The van der Waals surface area contributed by atoms with Crippen LogP contribution in [0.3, 0.4) is 0 Å². The van der Waals surface area contributed by atoms with Gasteiger partial charge in [-0.25, -0.2) is 8.42 Å². The molecule has 1 N–H and O–H groups in total. The second-order valence-electron chi connectivity index (χ2n) is 4.84. The lowest BCUT2D eigenvalue weighted by Gasteiger charge is -2.20. The molecular weight excluding hydrogens is 316 g/mol. The van der Waals surface area contributed by atoms with Crippen molar-refractivity contribution in [3.8, 4) is 0 Å². The average molecular weight is 330 g/mol. The van der Waals surface area contributed by atoms with Gasteiger partial charge < -0.3 is 4.98 Å². The quantitative estimate of drug-likeness (QED) is 0.913. The maximum Gasteiger partial charge on any atom is 0.305 e. The van der Waals surface area contributed by atoms with Crippen LogP contribution in [0.5, 0.6) is 0 Å². The Bertz CT molecular complexity index is 754. The van der Waals surface area contributed by atoms with E-state index < -0.39 is 10.0 Å². The lowest BCUT2D eigenvalue weighted by Crippen LogP contribution is -2.32. The first-order chi connectivity index (χ1) is 9.48. The SMILES string of the molecule is Cc1[nH]c(=O)sc1S(=O)(=O)N(Cc1ccsc1)C1CC1. The number of sulfonamides is 1. The molecule has 0 unspecified atom stereocenters. The van der Waals surface area contributed by atoms with Crippen LogP contribution in [0.1, 0.15) is 24.1 Å². The van der Waals surface area contributed by atoms with Crippen molar-refractivity contribution in [3.05, 3.63) is 37.8 Å². The van der Waals surface area contributed by atoms with E-state index in [2.05, 4.69) is 4.98 Å². The fourth-order valence-electron chi connectivity index (χ4n) is 2.08. The van der Waals surface area contributed by atoms with E-state index in [9.17, 15) is 13.2 Å². The molecule has 2 aromatic heterocycles. The minimum absolute atomic E-state index is 0.0662. The number of thiazole rings is 1. The molecule has 108 valence electrons. The molecule has 0 aliphatic heterocycles. The minimum atomic E-state index is -3.60. The van der Waals surface area contributed by atoms with Crippen LogP contribution in [0, 0.1) is 6.92 Å². The third-order valence-corrected chi connectivity index (χ3v) is 7.41. The monoisotopic (exact) mass is 330 g/mol. The molecule has 0 aromatic carbocycles. The van der Waals surface area contributed by atoms with Gasteiger partial charge >= 0.3 is 4.87 Å². The van der Waals surface area contributed by atoms with E-state index in [0.717, 1.165) is 29.7 Å². The van der Waals surface area contributed by atoms with Crippen molar-refractivity contribution in [2.45, 2.75) is 36.6 Å². The van der Waals surface area contributed by atoms with Crippen LogP contribution in [0.4, 0.5) is 0 Å². The first-order valence-electron chi connectivity index (χ1n) is 6.21. The summed E-state index contributed by atoms with van der Waals surface area (Å²) in [5, 5.41) is 3.89. The van der Waals surface area contributed by atoms with Crippen LogP contribution < -0.4 is 4.87 Å². The van der Waals surface area contributed by atoms with Crippen molar-refractivity contribution < 1.29 is 8.42 Å². The normalized spacial score (nSPS) is 15.9. The number of rotatable bonds is 5. The van der Waals surface area contributed by atoms with Gasteiger partial charge in [0.2, 0.25) is 0 Å². The zero-order valence-corrected chi connectivity index (χ0v) is 13.3. The lowest BCUT2D eigenvalue weighted by molar-refractivity contribution is 0.400. The fourth-order valence-corrected chi connectivity index (χ4v) is 5.82. The van der Waals surface area contributed by atoms with Crippen molar-refractivity contribution in [1.29, 1.82) is 0 Å². The summed E-state index contributed by atoms with van der Waals surface area (Å²) < 4.78 is 27.2. The highest BCUT2D eigenvalue weighted by Crippen LogP contribution is 2.35. The second kappa shape index (κ2) is 5.10. The largest absolute Gasteiger partial charge is 0.315 e. The molecule has 20 heavy (non-hydrogen) atoms. The Hall–Kier alpha value is -0.960. The lowest BCUT2D eigenvalue weighted by atomic mass is 10.3. The number of nitrogens with one attached hydrogen (secondary N) is 1. The molecule has 1 saturated carbocycles. The van der Waals surface area contributed by atoms with Gasteiger partial charge in [-0.05, 0) is 42.2 Å². The van der Waals surface area contributed by atoms with Crippen LogP contribution in [0.25, 0.3) is 0 Å². The van der Waals surface area contributed by atoms with Crippen molar-refractivity contribution in [2.75, 3.05) is 0 Å². The van der Waals surface area contributed by atoms with E-state index in [1.165, 1.54) is 4.31 Å². The molecule has 0 atom stereocenters. The molecule has 0 bridgehead atoms. The summed E-state index contributed by atoms with van der Waals surface area (Å²) in [6.45, 7) is 2.00. The molecule has 2 heterocycles. The van der Waals surface area contributed by atoms with Gasteiger partial charge in [0.15, 0.2) is 4.21 Å². The minimum Gasteiger partial charge on any atom is -0.315 e. The Labute approximate surface area is 124 Å². The third kappa shape index (κ3) is 2.60. The van der Waals surface area contributed by atoms with E-state index in [1.54, 1.807) is 18.3 Å². The van der Waals surface area contributed by atoms with Gasteiger partial charge in [0.25, 0.3) is 10.0 Å². The maximum absolute atomic E-state index is 12.8. The predicted molar refractivity (Wildman–Crippen MR) is 79.7 cm³/mol. The topological polar surface area (TPSA) is 70.2 Å². The molecule has 1 aliphatic carbocycles. The molecule has 8 heteroatoms. The van der Waals surface area contributed by atoms with Crippen LogP contribution >= 0.6 is 22.7 Å². The maximum atomic E-state index is 12.8. The molecule has 0 radical (unpaired) electrons. The zero-order chi connectivity index (χ0) is 14.3. The summed E-state index contributed by atoms with van der Waals surface area (Å²) in [7, 11) is -3.60. The summed E-state index contributed by atoms with van der Waals surface area (Å²) in [5.74, 6) is 0. The van der Waals surface area contributed by atoms with Crippen molar-refractivity contribution >= 4 is 32.7 Å². The number of thiophene rings is 1. The predicted octanol–water partition coefficient (Wildman–Crippen LogP) is 2.16. The Morgan fingerprint density at radius 2 is 2.20 bits per heavy atom. The van der Waals surface area contributed by atoms with Crippen molar-refractivity contribution in [1.82, 2.24) is 9.29 Å². The average Bonchev–Trinajstić information content (AvgIpc) is 2.96. The van der Waals surface area contributed by atoms with E-state index >= 15 is 0 Å². The molecule has 1 aliphatic rings. The fraction of sp³-hybridized carbons (Fsp3) is 0.417. The van der Waals surface area contributed by atoms with Crippen molar-refractivity contribution in [2.24, 2.45) is 0 Å². The van der Waals surface area contributed by atoms with E-state index in [1.807, 2.05) is 16.8 Å². The smallest absolute Gasteiger partial charge is 0.305 e. The standard InChI is InChI=1S/C12H14N2O3S3/c1-8-11(19-12(15)13-8)20(16,17)14(10-2-3-10)6-9-4-5-18-7-9/h4-5,7,10H,2-3,6H2,1H3,(H,13,15). The molecule has 0 spiro atoms. The number of hydrogen-bond acceptors (Lipinski definition) is 5. The van der Waals surface area contributed by atoms with Gasteiger partial charge in [0.05, 0.1) is 0 Å². The number of aryl methyl sites for hydroxylation is 1. The van der Waals surface area contributed by atoms with Gasteiger partial charge in [0, 0.05) is 18.3 Å². The van der Waals surface area contributed by atoms with Crippen LogP contribution in [-0.4, -0.2) is 23.7 Å². The van der Waals surface area contributed by atoms with E-state index in [-0.39, 0.29) is 15.1 Å². The molecular formula is C12H14N2O3S3. The Kier molecular flexibility index (Phi) is 3.57. The van der Waals surface area contributed by atoms with Crippen LogP contribution in [0.2, 0.25) is 0 Å².